The second-order valence-electron chi connectivity index (χ2n) is 5.44. The van der Waals surface area contributed by atoms with Crippen LogP contribution >= 0.6 is 0 Å². The molecule has 1 aromatic rings. The van der Waals surface area contributed by atoms with Gasteiger partial charge in [-0.3, -0.25) is 4.79 Å². The van der Waals surface area contributed by atoms with Crippen LogP contribution in [0.1, 0.15) is 12.5 Å². The number of benzene rings is 1. The molecule has 2 aliphatic rings. The molecule has 0 aliphatic carbocycles. The van der Waals surface area contributed by atoms with Crippen molar-refractivity contribution < 1.29 is 14.3 Å². The molecule has 108 valence electrons. The minimum atomic E-state index is 0.0761. The normalized spacial score (nSPS) is 24.4. The Morgan fingerprint density at radius 2 is 2.10 bits per heavy atom. The van der Waals surface area contributed by atoms with E-state index in [0.717, 1.165) is 30.2 Å². The van der Waals surface area contributed by atoms with E-state index < -0.39 is 0 Å². The molecule has 2 unspecified atom stereocenters. The summed E-state index contributed by atoms with van der Waals surface area (Å²) in [5, 5.41) is 6.25. The standard InChI is InChI=1S/C15H20N2O3/c1-10-7-16-9-12(10)15(18)17-8-11-2-3-13-14(6-11)20-5-4-19-13/h2-3,6,10,12,16H,4-5,7-9H2,1H3,(H,17,18). The Kier molecular flexibility index (Phi) is 3.78. The van der Waals surface area contributed by atoms with E-state index in [1.54, 1.807) is 0 Å². The lowest BCUT2D eigenvalue weighted by Crippen LogP contribution is -2.33. The first kappa shape index (κ1) is 13.2. The van der Waals surface area contributed by atoms with E-state index in [0.29, 0.717) is 25.7 Å². The van der Waals surface area contributed by atoms with E-state index in [4.69, 9.17) is 9.47 Å². The van der Waals surface area contributed by atoms with Crippen molar-refractivity contribution in [2.24, 2.45) is 11.8 Å². The summed E-state index contributed by atoms with van der Waals surface area (Å²) in [7, 11) is 0. The van der Waals surface area contributed by atoms with E-state index in [1.165, 1.54) is 0 Å². The Morgan fingerprint density at radius 1 is 1.30 bits per heavy atom. The third kappa shape index (κ3) is 2.72. The highest BCUT2D eigenvalue weighted by molar-refractivity contribution is 5.79. The molecular formula is C15H20N2O3. The molecule has 5 heteroatoms. The number of rotatable bonds is 3. The Hall–Kier alpha value is -1.75. The predicted octanol–water partition coefficient (Wildman–Crippen LogP) is 0.929. The first-order valence-corrected chi connectivity index (χ1v) is 7.11. The van der Waals surface area contributed by atoms with Crippen LogP contribution in [0.15, 0.2) is 18.2 Å². The van der Waals surface area contributed by atoms with Gasteiger partial charge in [0.05, 0.1) is 5.92 Å². The minimum Gasteiger partial charge on any atom is -0.486 e. The first-order valence-electron chi connectivity index (χ1n) is 7.11. The van der Waals surface area contributed by atoms with E-state index in [9.17, 15) is 4.79 Å². The van der Waals surface area contributed by atoms with Gasteiger partial charge in [0.2, 0.25) is 5.91 Å². The van der Waals surface area contributed by atoms with Gasteiger partial charge in [-0.1, -0.05) is 13.0 Å². The Balaban J connectivity index is 1.59. The summed E-state index contributed by atoms with van der Waals surface area (Å²) in [6.45, 7) is 5.49. The molecule has 0 radical (unpaired) electrons. The largest absolute Gasteiger partial charge is 0.486 e. The topological polar surface area (TPSA) is 59.6 Å². The van der Waals surface area contributed by atoms with Crippen LogP contribution in [0.2, 0.25) is 0 Å². The van der Waals surface area contributed by atoms with Gasteiger partial charge in [-0.2, -0.15) is 0 Å². The average molecular weight is 276 g/mol. The summed E-state index contributed by atoms with van der Waals surface area (Å²) in [6.07, 6.45) is 0. The lowest BCUT2D eigenvalue weighted by atomic mass is 9.97. The average Bonchev–Trinajstić information content (AvgIpc) is 2.91. The molecule has 20 heavy (non-hydrogen) atoms. The maximum atomic E-state index is 12.1. The molecule has 0 spiro atoms. The molecule has 3 rings (SSSR count). The van der Waals surface area contributed by atoms with Crippen LogP contribution in [-0.2, 0) is 11.3 Å². The van der Waals surface area contributed by atoms with Crippen LogP contribution in [0.5, 0.6) is 11.5 Å². The van der Waals surface area contributed by atoms with Gasteiger partial charge in [0.25, 0.3) is 0 Å². The van der Waals surface area contributed by atoms with Crippen LogP contribution in [0.4, 0.5) is 0 Å². The number of ether oxygens (including phenoxy) is 2. The van der Waals surface area contributed by atoms with Crippen LogP contribution < -0.4 is 20.1 Å². The quantitative estimate of drug-likeness (QED) is 0.862. The van der Waals surface area contributed by atoms with E-state index in [-0.39, 0.29) is 11.8 Å². The number of hydrogen-bond donors (Lipinski definition) is 2. The number of amides is 1. The van der Waals surface area contributed by atoms with Crippen LogP contribution in [-0.4, -0.2) is 32.2 Å². The molecule has 1 aromatic carbocycles. The van der Waals surface area contributed by atoms with Gasteiger partial charge in [-0.25, -0.2) is 0 Å². The fraction of sp³-hybridized carbons (Fsp3) is 0.533. The van der Waals surface area contributed by atoms with Gasteiger partial charge in [0.15, 0.2) is 11.5 Å². The fourth-order valence-electron chi connectivity index (χ4n) is 2.68. The van der Waals surface area contributed by atoms with Crippen LogP contribution in [0, 0.1) is 11.8 Å². The second-order valence-corrected chi connectivity index (χ2v) is 5.44. The summed E-state index contributed by atoms with van der Waals surface area (Å²) in [5.41, 5.74) is 1.03. The number of hydrogen-bond acceptors (Lipinski definition) is 4. The number of carbonyl (C=O) groups is 1. The minimum absolute atomic E-state index is 0.0761. The Bertz CT molecular complexity index is 504. The highest BCUT2D eigenvalue weighted by atomic mass is 16.6. The van der Waals surface area contributed by atoms with Crippen molar-refractivity contribution in [3.05, 3.63) is 23.8 Å². The number of carbonyl (C=O) groups excluding carboxylic acids is 1. The van der Waals surface area contributed by atoms with Crippen molar-refractivity contribution in [3.63, 3.8) is 0 Å². The highest BCUT2D eigenvalue weighted by Crippen LogP contribution is 2.30. The van der Waals surface area contributed by atoms with Gasteiger partial charge in [0, 0.05) is 13.1 Å². The molecule has 2 N–H and O–H groups in total. The lowest BCUT2D eigenvalue weighted by molar-refractivity contribution is -0.125. The monoisotopic (exact) mass is 276 g/mol. The second kappa shape index (κ2) is 5.71. The van der Waals surface area contributed by atoms with Crippen molar-refractivity contribution in [3.8, 4) is 11.5 Å². The smallest absolute Gasteiger partial charge is 0.224 e. The maximum absolute atomic E-state index is 12.1. The van der Waals surface area contributed by atoms with E-state index in [2.05, 4.69) is 17.6 Å². The SMILES string of the molecule is CC1CNCC1C(=O)NCc1ccc2c(c1)OCCO2. The molecular weight excluding hydrogens is 256 g/mol. The van der Waals surface area contributed by atoms with Crippen molar-refractivity contribution in [2.75, 3.05) is 26.3 Å². The van der Waals surface area contributed by atoms with Gasteiger partial charge in [-0.15, -0.1) is 0 Å². The molecule has 1 fully saturated rings. The third-order valence-electron chi connectivity index (χ3n) is 3.93. The Morgan fingerprint density at radius 3 is 2.85 bits per heavy atom. The van der Waals surface area contributed by atoms with E-state index in [1.807, 2.05) is 18.2 Å². The third-order valence-corrected chi connectivity index (χ3v) is 3.93. The number of nitrogens with one attached hydrogen (secondary N) is 2. The molecule has 1 saturated heterocycles. The van der Waals surface area contributed by atoms with Gasteiger partial charge < -0.3 is 20.1 Å². The summed E-state index contributed by atoms with van der Waals surface area (Å²) in [6, 6.07) is 5.80. The molecule has 0 aromatic heterocycles. The summed E-state index contributed by atoms with van der Waals surface area (Å²) >= 11 is 0. The predicted molar refractivity (Wildman–Crippen MR) is 74.8 cm³/mol. The molecule has 1 amide bonds. The van der Waals surface area contributed by atoms with Gasteiger partial charge >= 0.3 is 0 Å². The van der Waals surface area contributed by atoms with Crippen LogP contribution in [0.3, 0.4) is 0 Å². The summed E-state index contributed by atoms with van der Waals surface area (Å²) in [5.74, 6) is 2.14. The van der Waals surface area contributed by atoms with Crippen molar-refractivity contribution in [1.29, 1.82) is 0 Å². The van der Waals surface area contributed by atoms with Crippen molar-refractivity contribution in [1.82, 2.24) is 10.6 Å². The molecule has 2 atom stereocenters. The summed E-state index contributed by atoms with van der Waals surface area (Å²) in [4.78, 5) is 12.1. The zero-order valence-corrected chi connectivity index (χ0v) is 11.6. The highest BCUT2D eigenvalue weighted by Gasteiger charge is 2.29. The van der Waals surface area contributed by atoms with Crippen molar-refractivity contribution >= 4 is 5.91 Å². The molecule has 5 nitrogen and oxygen atoms in total. The molecule has 2 heterocycles. The first-order chi connectivity index (χ1) is 9.74. The van der Waals surface area contributed by atoms with Gasteiger partial charge in [0.1, 0.15) is 13.2 Å². The molecule has 2 aliphatic heterocycles. The van der Waals surface area contributed by atoms with Crippen LogP contribution in [0.25, 0.3) is 0 Å². The summed E-state index contributed by atoms with van der Waals surface area (Å²) < 4.78 is 11.0. The lowest BCUT2D eigenvalue weighted by Gasteiger charge is -2.19. The number of fused-ring (bicyclic) bond motifs is 1. The van der Waals surface area contributed by atoms with E-state index >= 15 is 0 Å². The zero-order chi connectivity index (χ0) is 13.9. The maximum Gasteiger partial charge on any atom is 0.224 e. The molecule has 0 bridgehead atoms. The fourth-order valence-corrected chi connectivity index (χ4v) is 2.68. The van der Waals surface area contributed by atoms with Crippen molar-refractivity contribution in [2.45, 2.75) is 13.5 Å². The molecule has 0 saturated carbocycles. The van der Waals surface area contributed by atoms with Gasteiger partial charge in [-0.05, 0) is 30.2 Å². The zero-order valence-electron chi connectivity index (χ0n) is 11.6. The Labute approximate surface area is 118 Å².